The van der Waals surface area contributed by atoms with Crippen molar-refractivity contribution >= 4 is 5.97 Å². The number of ether oxygens (including phenoxy) is 7. The Bertz CT molecular complexity index is 1800. The molecule has 10 N–H and O–H groups in total. The molecule has 18 heteroatoms. The summed E-state index contributed by atoms with van der Waals surface area (Å²) in [6.45, 7) is 11.5. The number of carbonyl (C=O) groups excluding carboxylic acids is 1. The van der Waals surface area contributed by atoms with Gasteiger partial charge >= 0.3 is 5.97 Å². The lowest BCUT2D eigenvalue weighted by atomic mass is 9.41. The van der Waals surface area contributed by atoms with E-state index in [9.17, 15) is 55.9 Å². The lowest BCUT2D eigenvalue weighted by Gasteiger charge is -2.63. The van der Waals surface area contributed by atoms with E-state index in [1.54, 1.807) is 6.92 Å². The summed E-state index contributed by atoms with van der Waals surface area (Å²) in [5, 5.41) is 108. The van der Waals surface area contributed by atoms with Crippen LogP contribution < -0.4 is 0 Å². The molecule has 0 aromatic carbocycles. The van der Waals surface area contributed by atoms with Gasteiger partial charge in [-0.25, -0.2) is 4.79 Å². The molecule has 2 spiro atoms. The Morgan fingerprint density at radius 3 is 2.00 bits per heavy atom. The van der Waals surface area contributed by atoms with Gasteiger partial charge in [-0.1, -0.05) is 40.7 Å². The SMILES string of the molecule is CC1=CC[C@@H]([C@@H](C)[C@H]2[C@H](O)C[C@@]3(C)[C@@H]4CC[C@H]5C(C)(C)[C@@H](O[C@@H]6OC[C@H](O)[C@H](O)[C@H]6O[C@@H]6O[C@H](CO)[C@@H](O[C@@H]7O[C@H](CO)[C@@H](O)[C@H](O)[C@H]7O)[C@H](O)[C@H]6O)CC[C@@]56C[C@@]46CC[C@]23C)OC1=O. The van der Waals surface area contributed by atoms with Crippen molar-refractivity contribution in [1.29, 1.82) is 0 Å². The number of rotatable bonds is 10. The first kappa shape index (κ1) is 48.6. The number of aliphatic hydroxyl groups is 10. The quantitative estimate of drug-likeness (QED) is 0.100. The molecule has 3 saturated heterocycles. The molecule has 65 heavy (non-hydrogen) atoms. The van der Waals surface area contributed by atoms with Crippen molar-refractivity contribution < 1.29 is 89.0 Å². The van der Waals surface area contributed by atoms with Crippen molar-refractivity contribution in [3.05, 3.63) is 11.6 Å². The molecule has 9 rings (SSSR count). The third kappa shape index (κ3) is 7.28. The summed E-state index contributed by atoms with van der Waals surface area (Å²) in [6, 6.07) is 0. The van der Waals surface area contributed by atoms with Crippen LogP contribution in [0.2, 0.25) is 0 Å². The molecule has 9 aliphatic rings. The lowest BCUT2D eigenvalue weighted by molar-refractivity contribution is -0.383. The van der Waals surface area contributed by atoms with Gasteiger partial charge in [0.1, 0.15) is 73.2 Å². The van der Waals surface area contributed by atoms with Crippen molar-refractivity contribution in [3.8, 4) is 0 Å². The molecule has 370 valence electrons. The van der Waals surface area contributed by atoms with Crippen LogP contribution in [0.15, 0.2) is 11.6 Å². The third-order valence-corrected chi connectivity index (χ3v) is 19.5. The largest absolute Gasteiger partial charge is 0.458 e. The van der Waals surface area contributed by atoms with E-state index in [2.05, 4.69) is 34.6 Å². The first-order valence-corrected chi connectivity index (χ1v) is 24.0. The summed E-state index contributed by atoms with van der Waals surface area (Å²) in [6.07, 6.45) is -13.2. The van der Waals surface area contributed by atoms with Crippen LogP contribution in [0.25, 0.3) is 0 Å². The minimum absolute atomic E-state index is 0.00572. The summed E-state index contributed by atoms with van der Waals surface area (Å²) in [5.74, 6) is 0.481. The Hall–Kier alpha value is -1.43. The second kappa shape index (κ2) is 17.2. The molecular formula is C47H74O18. The zero-order chi connectivity index (χ0) is 46.9. The van der Waals surface area contributed by atoms with E-state index in [-0.39, 0.29) is 63.7 Å². The van der Waals surface area contributed by atoms with Gasteiger partial charge in [-0.15, -0.1) is 0 Å². The molecule has 5 aliphatic carbocycles. The van der Waals surface area contributed by atoms with Crippen molar-refractivity contribution in [2.75, 3.05) is 19.8 Å². The van der Waals surface area contributed by atoms with Gasteiger partial charge in [-0.05, 0) is 109 Å². The number of carbonyl (C=O) groups is 1. The van der Waals surface area contributed by atoms with Crippen molar-refractivity contribution in [2.45, 2.75) is 204 Å². The highest BCUT2D eigenvalue weighted by Crippen LogP contribution is 2.89. The average molecular weight is 927 g/mol. The molecule has 0 aromatic rings. The van der Waals surface area contributed by atoms with Crippen molar-refractivity contribution in [1.82, 2.24) is 0 Å². The van der Waals surface area contributed by atoms with E-state index < -0.39 is 105 Å². The maximum Gasteiger partial charge on any atom is 0.333 e. The zero-order valence-corrected chi connectivity index (χ0v) is 38.4. The Kier molecular flexibility index (Phi) is 12.8. The summed E-state index contributed by atoms with van der Waals surface area (Å²) in [4.78, 5) is 12.6. The van der Waals surface area contributed by atoms with Gasteiger partial charge in [0.25, 0.3) is 0 Å². The average Bonchev–Trinajstić information content (AvgIpc) is 3.88. The van der Waals surface area contributed by atoms with Crippen molar-refractivity contribution in [2.24, 2.45) is 50.7 Å². The van der Waals surface area contributed by atoms with E-state index in [4.69, 9.17) is 33.2 Å². The smallest absolute Gasteiger partial charge is 0.333 e. The van der Waals surface area contributed by atoms with Gasteiger partial charge in [0.05, 0.1) is 32.0 Å². The molecule has 0 unspecified atom stereocenters. The molecule has 25 atom stereocenters. The highest BCUT2D eigenvalue weighted by Gasteiger charge is 2.83. The first-order valence-electron chi connectivity index (χ1n) is 24.0. The van der Waals surface area contributed by atoms with Gasteiger partial charge in [-0.3, -0.25) is 0 Å². The number of cyclic esters (lactones) is 1. The first-order chi connectivity index (χ1) is 30.6. The Balaban J connectivity index is 0.882. The van der Waals surface area contributed by atoms with Crippen LogP contribution in [0.1, 0.15) is 99.3 Å². The Morgan fingerprint density at radius 2 is 1.32 bits per heavy atom. The molecule has 4 heterocycles. The normalized spacial score (nSPS) is 55.4. The fourth-order valence-electron chi connectivity index (χ4n) is 15.8. The predicted molar refractivity (Wildman–Crippen MR) is 224 cm³/mol. The number of esters is 1. The standard InChI is InChI=1S/C47H74O18/c1-20-7-8-24(60-39(20)58)21(2)30-22(50)15-45(6)28-10-9-27-43(3,4)29(11-12-46(27)19-47(28,46)14-13-44(30,45)5)63-42-38(31(52)23(51)18-59-42)65-41-36(57)34(55)37(26(17-49)62-41)64-40-35(56)33(54)32(53)25(16-48)61-40/h7,21-38,40-42,48-57H,8-19H2,1-6H3/t21-,22-,23+,24+,25-,26-,27+,28+,29+,30+,31+,32-,33+,34-,35-,36-,37-,38-,40+,41+,42+,44-,45+,46-,47+/m1/s1. The lowest BCUT2D eigenvalue weighted by Crippen LogP contribution is -2.66. The molecule has 18 nitrogen and oxygen atoms in total. The maximum atomic E-state index is 12.6. The Morgan fingerprint density at radius 1 is 0.692 bits per heavy atom. The topological polar surface area (TPSA) is 284 Å². The number of hydrogen-bond acceptors (Lipinski definition) is 18. The maximum absolute atomic E-state index is 12.6. The second-order valence-electron chi connectivity index (χ2n) is 22.6. The van der Waals surface area contributed by atoms with Crippen LogP contribution in [0, 0.1) is 50.7 Å². The number of fused-ring (bicyclic) bond motifs is 2. The molecular weight excluding hydrogens is 852 g/mol. The highest BCUT2D eigenvalue weighted by atomic mass is 16.8. The van der Waals surface area contributed by atoms with Crippen LogP contribution in [-0.4, -0.2) is 181 Å². The van der Waals surface area contributed by atoms with E-state index >= 15 is 0 Å². The van der Waals surface area contributed by atoms with E-state index in [0.29, 0.717) is 30.3 Å². The Labute approximate surface area is 380 Å². The van der Waals surface area contributed by atoms with Gasteiger partial charge in [0, 0.05) is 12.0 Å². The van der Waals surface area contributed by atoms with E-state index in [1.807, 2.05) is 6.08 Å². The minimum atomic E-state index is -1.88. The molecule has 4 aliphatic heterocycles. The second-order valence-corrected chi connectivity index (χ2v) is 22.6. The molecule has 0 amide bonds. The predicted octanol–water partition coefficient (Wildman–Crippen LogP) is -0.233. The molecule has 8 fully saturated rings. The fourth-order valence-corrected chi connectivity index (χ4v) is 15.8. The van der Waals surface area contributed by atoms with Crippen LogP contribution >= 0.6 is 0 Å². The molecule has 0 bridgehead atoms. The highest BCUT2D eigenvalue weighted by molar-refractivity contribution is 5.88. The fraction of sp³-hybridized carbons (Fsp3) is 0.936. The van der Waals surface area contributed by atoms with Gasteiger partial charge in [0.15, 0.2) is 18.9 Å². The monoisotopic (exact) mass is 926 g/mol. The summed E-state index contributed by atoms with van der Waals surface area (Å²) >= 11 is 0. The van der Waals surface area contributed by atoms with Crippen LogP contribution in [-0.2, 0) is 38.0 Å². The van der Waals surface area contributed by atoms with E-state index in [0.717, 1.165) is 44.9 Å². The van der Waals surface area contributed by atoms with Gasteiger partial charge < -0.3 is 84.2 Å². The third-order valence-electron chi connectivity index (χ3n) is 19.5. The number of hydrogen-bond donors (Lipinski definition) is 10. The molecule has 0 aromatic heterocycles. The van der Waals surface area contributed by atoms with Crippen molar-refractivity contribution in [3.63, 3.8) is 0 Å². The van der Waals surface area contributed by atoms with Gasteiger partial charge in [0.2, 0.25) is 0 Å². The van der Waals surface area contributed by atoms with E-state index in [1.165, 1.54) is 0 Å². The van der Waals surface area contributed by atoms with Crippen LogP contribution in [0.3, 0.4) is 0 Å². The summed E-state index contributed by atoms with van der Waals surface area (Å²) in [5.41, 5.74) is 0.285. The zero-order valence-electron chi connectivity index (χ0n) is 38.4. The van der Waals surface area contributed by atoms with Crippen LogP contribution in [0.4, 0.5) is 0 Å². The summed E-state index contributed by atoms with van der Waals surface area (Å²) < 4.78 is 41.9. The van der Waals surface area contributed by atoms with Crippen LogP contribution in [0.5, 0.6) is 0 Å². The number of aliphatic hydroxyl groups excluding tert-OH is 10. The molecule has 5 saturated carbocycles. The summed E-state index contributed by atoms with van der Waals surface area (Å²) in [7, 11) is 0. The van der Waals surface area contributed by atoms with Gasteiger partial charge in [-0.2, -0.15) is 0 Å². The molecule has 0 radical (unpaired) electrons. The minimum Gasteiger partial charge on any atom is -0.458 e.